The fraction of sp³-hybridized carbons (Fsp3) is 0.462. The maximum absolute atomic E-state index is 14.8. The van der Waals surface area contributed by atoms with Gasteiger partial charge in [-0.15, -0.1) is 0 Å². The van der Waals surface area contributed by atoms with E-state index < -0.39 is 57.4 Å². The van der Waals surface area contributed by atoms with E-state index in [9.17, 15) is 35.6 Å². The number of sulfone groups is 1. The Morgan fingerprint density at radius 1 is 1.00 bits per heavy atom. The molecular formula is C26H26F4N2O4S. The molecule has 11 heteroatoms. The Labute approximate surface area is 212 Å². The Bertz CT molecular complexity index is 1360. The smallest absolute Gasteiger partial charge is 0.266 e. The summed E-state index contributed by atoms with van der Waals surface area (Å²) >= 11 is 0. The minimum absolute atomic E-state index is 0.0118. The zero-order valence-corrected chi connectivity index (χ0v) is 20.8. The largest absolute Gasteiger partial charge is 0.347 e. The number of hydrogen-bond donors (Lipinski definition) is 1. The molecule has 2 aromatic rings. The van der Waals surface area contributed by atoms with Crippen molar-refractivity contribution >= 4 is 21.7 Å². The van der Waals surface area contributed by atoms with Gasteiger partial charge in [0, 0.05) is 23.4 Å². The summed E-state index contributed by atoms with van der Waals surface area (Å²) in [6.07, 6.45) is 1.10. The second-order valence-electron chi connectivity index (χ2n) is 10.2. The van der Waals surface area contributed by atoms with Crippen LogP contribution in [0.2, 0.25) is 0 Å². The fourth-order valence-corrected chi connectivity index (χ4v) is 6.14. The highest BCUT2D eigenvalue weighted by Crippen LogP contribution is 2.46. The van der Waals surface area contributed by atoms with Gasteiger partial charge in [-0.1, -0.05) is 6.07 Å². The number of likely N-dealkylation sites (tertiary alicyclic amines) is 1. The SMILES string of the molecule is CS(=O)(=O)c1cccc(C(=O)N2[C@@H](C(=O)N[C@@H](c3cc(F)c(C(F)F)cc3F)C3CC3)C[C@H]3CC[C@H]32)c1. The molecule has 1 heterocycles. The molecule has 198 valence electrons. The second kappa shape index (κ2) is 9.41. The Hall–Kier alpha value is -2.95. The first-order chi connectivity index (χ1) is 17.5. The molecule has 0 radical (unpaired) electrons. The highest BCUT2D eigenvalue weighted by Gasteiger charge is 2.52. The van der Waals surface area contributed by atoms with E-state index in [1.807, 2.05) is 0 Å². The van der Waals surface area contributed by atoms with Crippen LogP contribution >= 0.6 is 0 Å². The number of nitrogens with zero attached hydrogens (tertiary/aromatic N) is 1. The molecule has 1 N–H and O–H groups in total. The lowest BCUT2D eigenvalue weighted by molar-refractivity contribution is -0.126. The van der Waals surface area contributed by atoms with Crippen LogP contribution in [-0.2, 0) is 14.6 Å². The van der Waals surface area contributed by atoms with Crippen LogP contribution in [0.25, 0.3) is 0 Å². The maximum atomic E-state index is 14.8. The Morgan fingerprint density at radius 2 is 1.68 bits per heavy atom. The average Bonchev–Trinajstić information content (AvgIpc) is 3.63. The van der Waals surface area contributed by atoms with Crippen molar-refractivity contribution < 1.29 is 35.6 Å². The quantitative estimate of drug-likeness (QED) is 0.524. The van der Waals surface area contributed by atoms with Crippen LogP contribution in [-0.4, -0.2) is 43.5 Å². The van der Waals surface area contributed by atoms with Crippen molar-refractivity contribution in [3.05, 3.63) is 64.7 Å². The number of carbonyl (C=O) groups is 2. The molecule has 3 fully saturated rings. The predicted octanol–water partition coefficient (Wildman–Crippen LogP) is 4.57. The molecule has 3 aliphatic rings. The zero-order valence-electron chi connectivity index (χ0n) is 20.0. The van der Waals surface area contributed by atoms with E-state index in [4.69, 9.17) is 0 Å². The summed E-state index contributed by atoms with van der Waals surface area (Å²) in [5.74, 6) is -3.34. The lowest BCUT2D eigenvalue weighted by Crippen LogP contribution is -2.51. The molecule has 0 bridgehead atoms. The van der Waals surface area contributed by atoms with Crippen LogP contribution in [0.4, 0.5) is 17.6 Å². The van der Waals surface area contributed by atoms with Gasteiger partial charge >= 0.3 is 0 Å². The summed E-state index contributed by atoms with van der Waals surface area (Å²) in [7, 11) is -3.55. The fourth-order valence-electron chi connectivity index (χ4n) is 5.47. The zero-order chi connectivity index (χ0) is 26.6. The maximum Gasteiger partial charge on any atom is 0.266 e. The number of carbonyl (C=O) groups excluding carboxylic acids is 2. The van der Waals surface area contributed by atoms with Gasteiger partial charge in [-0.3, -0.25) is 9.59 Å². The van der Waals surface area contributed by atoms with Crippen LogP contribution in [0.15, 0.2) is 41.3 Å². The molecular weight excluding hydrogens is 512 g/mol. The molecule has 1 saturated heterocycles. The molecule has 2 saturated carbocycles. The molecule has 2 aromatic carbocycles. The van der Waals surface area contributed by atoms with Gasteiger partial charge in [-0.05, 0) is 74.3 Å². The third-order valence-electron chi connectivity index (χ3n) is 7.72. The average molecular weight is 539 g/mol. The van der Waals surface area contributed by atoms with Gasteiger partial charge in [-0.2, -0.15) is 0 Å². The molecule has 2 amide bonds. The molecule has 4 atom stereocenters. The van der Waals surface area contributed by atoms with E-state index in [2.05, 4.69) is 5.32 Å². The molecule has 0 aromatic heterocycles. The number of alkyl halides is 2. The molecule has 5 rings (SSSR count). The Balaban J connectivity index is 1.42. The van der Waals surface area contributed by atoms with Crippen molar-refractivity contribution in [2.24, 2.45) is 11.8 Å². The van der Waals surface area contributed by atoms with E-state index in [-0.39, 0.29) is 33.9 Å². The predicted molar refractivity (Wildman–Crippen MR) is 126 cm³/mol. The van der Waals surface area contributed by atoms with Crippen LogP contribution in [0, 0.1) is 23.5 Å². The summed E-state index contributed by atoms with van der Waals surface area (Å²) in [5.41, 5.74) is -1.09. The number of hydrogen-bond acceptors (Lipinski definition) is 4. The van der Waals surface area contributed by atoms with Crippen molar-refractivity contribution in [1.82, 2.24) is 10.2 Å². The highest BCUT2D eigenvalue weighted by atomic mass is 32.2. The van der Waals surface area contributed by atoms with Crippen molar-refractivity contribution in [2.75, 3.05) is 6.26 Å². The van der Waals surface area contributed by atoms with E-state index >= 15 is 0 Å². The number of rotatable bonds is 7. The second-order valence-corrected chi connectivity index (χ2v) is 12.2. The lowest BCUT2D eigenvalue weighted by Gasteiger charge is -2.37. The summed E-state index contributed by atoms with van der Waals surface area (Å²) in [6, 6.07) is 4.86. The van der Waals surface area contributed by atoms with Gasteiger partial charge < -0.3 is 10.2 Å². The van der Waals surface area contributed by atoms with Crippen LogP contribution < -0.4 is 5.32 Å². The number of nitrogens with one attached hydrogen (secondary N) is 1. The normalized spacial score (nSPS) is 23.9. The van der Waals surface area contributed by atoms with Crippen molar-refractivity contribution in [3.63, 3.8) is 0 Å². The third kappa shape index (κ3) is 4.85. The van der Waals surface area contributed by atoms with E-state index in [1.54, 1.807) is 0 Å². The van der Waals surface area contributed by atoms with Crippen molar-refractivity contribution in [3.8, 4) is 0 Å². The van der Waals surface area contributed by atoms with Gasteiger partial charge in [0.1, 0.15) is 17.7 Å². The monoisotopic (exact) mass is 538 g/mol. The standard InChI is InChI=1S/C26H26F4N2O4S/c1-37(35,36)16-4-2-3-15(9-16)26(34)32-21-8-7-14(21)10-22(32)25(33)31-23(13-5-6-13)17-11-20(28)18(24(29)30)12-19(17)27/h2-4,9,11-14,21-24H,5-8,10H2,1H3,(H,31,33)/t14-,21-,22-,23-/m1/s1. The number of fused-ring (bicyclic) bond motifs is 1. The summed E-state index contributed by atoms with van der Waals surface area (Å²) < 4.78 is 79.0. The van der Waals surface area contributed by atoms with Gasteiger partial charge in [0.25, 0.3) is 12.3 Å². The van der Waals surface area contributed by atoms with Gasteiger partial charge in [0.2, 0.25) is 5.91 Å². The van der Waals surface area contributed by atoms with Crippen molar-refractivity contribution in [2.45, 2.75) is 61.6 Å². The van der Waals surface area contributed by atoms with E-state index in [1.165, 1.54) is 29.2 Å². The van der Waals surface area contributed by atoms with Crippen LogP contribution in [0.3, 0.4) is 0 Å². The Kier molecular flexibility index (Phi) is 6.54. The molecule has 0 unspecified atom stereocenters. The first-order valence-corrected chi connectivity index (χ1v) is 14.0. The molecule has 1 aliphatic heterocycles. The first kappa shape index (κ1) is 25.7. The van der Waals surface area contributed by atoms with Crippen LogP contribution in [0.5, 0.6) is 0 Å². The molecule has 2 aliphatic carbocycles. The number of halogens is 4. The lowest BCUT2D eigenvalue weighted by atomic mass is 9.80. The minimum atomic E-state index is -3.55. The van der Waals surface area contributed by atoms with E-state index in [0.29, 0.717) is 31.7 Å². The number of amides is 2. The summed E-state index contributed by atoms with van der Waals surface area (Å²) in [6.45, 7) is 0. The summed E-state index contributed by atoms with van der Waals surface area (Å²) in [4.78, 5) is 28.5. The summed E-state index contributed by atoms with van der Waals surface area (Å²) in [5, 5.41) is 2.77. The van der Waals surface area contributed by atoms with Gasteiger partial charge in [0.05, 0.1) is 16.5 Å². The first-order valence-electron chi connectivity index (χ1n) is 12.2. The molecule has 6 nitrogen and oxygen atoms in total. The van der Waals surface area contributed by atoms with Crippen molar-refractivity contribution in [1.29, 1.82) is 0 Å². The van der Waals surface area contributed by atoms with Gasteiger partial charge in [0.15, 0.2) is 9.84 Å². The Morgan fingerprint density at radius 3 is 2.27 bits per heavy atom. The topological polar surface area (TPSA) is 83.6 Å². The minimum Gasteiger partial charge on any atom is -0.347 e. The van der Waals surface area contributed by atoms with Crippen LogP contribution in [0.1, 0.15) is 66.1 Å². The highest BCUT2D eigenvalue weighted by molar-refractivity contribution is 7.90. The molecule has 0 spiro atoms. The van der Waals surface area contributed by atoms with E-state index in [0.717, 1.165) is 18.7 Å². The van der Waals surface area contributed by atoms with Gasteiger partial charge in [-0.25, -0.2) is 26.0 Å². The third-order valence-corrected chi connectivity index (χ3v) is 8.83. The molecule has 37 heavy (non-hydrogen) atoms. The number of benzene rings is 2.